The number of piperidine rings is 1. The van der Waals surface area contributed by atoms with E-state index in [1.165, 1.54) is 11.1 Å². The van der Waals surface area contributed by atoms with Gasteiger partial charge in [0.15, 0.2) is 0 Å². The molecule has 1 aliphatic carbocycles. The summed E-state index contributed by atoms with van der Waals surface area (Å²) in [5.41, 5.74) is 2.68. The van der Waals surface area contributed by atoms with E-state index in [2.05, 4.69) is 36.2 Å². The van der Waals surface area contributed by atoms with E-state index in [1.807, 2.05) is 11.8 Å². The van der Waals surface area contributed by atoms with Crippen molar-refractivity contribution < 1.29 is 36.3 Å². The molecule has 2 heterocycles. The molecule has 0 bridgehead atoms. The summed E-state index contributed by atoms with van der Waals surface area (Å²) in [6.45, 7) is 6.62. The zero-order valence-electron chi connectivity index (χ0n) is 21.3. The first kappa shape index (κ1) is 29.4. The third-order valence-corrected chi connectivity index (χ3v) is 9.74. The highest BCUT2D eigenvalue weighted by atomic mass is 32.2. The van der Waals surface area contributed by atoms with Gasteiger partial charge in [-0.3, -0.25) is 4.79 Å². The summed E-state index contributed by atoms with van der Waals surface area (Å²) in [6.07, 6.45) is -1.19. The van der Waals surface area contributed by atoms with Crippen LogP contribution in [0.4, 0.5) is 13.2 Å². The average Bonchev–Trinajstić information content (AvgIpc) is 3.12. The number of aliphatic carboxylic acids is 1. The highest BCUT2D eigenvalue weighted by Crippen LogP contribution is 2.53. The molecule has 8 nitrogen and oxygen atoms in total. The lowest BCUT2D eigenvalue weighted by molar-refractivity contribution is -0.192. The molecular formula is C25H36F3N3O5S. The normalized spacial score (nSPS) is 22.3. The second-order valence-corrected chi connectivity index (χ2v) is 12.3. The van der Waals surface area contributed by atoms with Crippen LogP contribution in [0, 0.1) is 0 Å². The number of carbonyl (C=O) groups is 2. The van der Waals surface area contributed by atoms with Gasteiger partial charge < -0.3 is 14.9 Å². The Labute approximate surface area is 216 Å². The van der Waals surface area contributed by atoms with Crippen LogP contribution in [0.15, 0.2) is 24.3 Å². The fourth-order valence-electron chi connectivity index (χ4n) is 5.66. The predicted molar refractivity (Wildman–Crippen MR) is 133 cm³/mol. The number of fused-ring (bicyclic) bond motifs is 2. The summed E-state index contributed by atoms with van der Waals surface area (Å²) in [6, 6.07) is 8.57. The molecule has 1 aromatic carbocycles. The number of carboxylic acid groups (broad SMARTS) is 1. The Bertz CT molecular complexity index is 1060. The zero-order chi connectivity index (χ0) is 27.4. The van der Waals surface area contributed by atoms with E-state index in [1.54, 1.807) is 4.31 Å². The topological polar surface area (TPSA) is 98.2 Å². The first-order valence-corrected chi connectivity index (χ1v) is 14.2. The molecule has 4 rings (SSSR count). The van der Waals surface area contributed by atoms with E-state index in [0.717, 1.165) is 45.4 Å². The molecule has 1 atom stereocenters. The number of rotatable bonds is 5. The van der Waals surface area contributed by atoms with Gasteiger partial charge in [-0.15, -0.1) is 0 Å². The number of nitrogens with zero attached hydrogens (tertiary/aromatic N) is 3. The van der Waals surface area contributed by atoms with E-state index >= 15 is 0 Å². The maximum Gasteiger partial charge on any atom is 0.490 e. The van der Waals surface area contributed by atoms with Gasteiger partial charge in [0.1, 0.15) is 0 Å². The number of hydrogen-bond acceptors (Lipinski definition) is 5. The van der Waals surface area contributed by atoms with Crippen molar-refractivity contribution in [3.8, 4) is 0 Å². The smallest absolute Gasteiger partial charge is 0.475 e. The summed E-state index contributed by atoms with van der Waals surface area (Å²) in [5.74, 6) is -2.01. The van der Waals surface area contributed by atoms with Crippen LogP contribution >= 0.6 is 0 Å². The Hall–Kier alpha value is -2.18. The third kappa shape index (κ3) is 7.02. The quantitative estimate of drug-likeness (QED) is 0.609. The fraction of sp³-hybridized carbons (Fsp3) is 0.680. The summed E-state index contributed by atoms with van der Waals surface area (Å²) >= 11 is 0. The molecule has 2 saturated heterocycles. The molecule has 1 N–H and O–H groups in total. The molecule has 0 aromatic heterocycles. The van der Waals surface area contributed by atoms with Gasteiger partial charge in [-0.2, -0.15) is 13.2 Å². The van der Waals surface area contributed by atoms with Gasteiger partial charge >= 0.3 is 12.1 Å². The van der Waals surface area contributed by atoms with Crippen molar-refractivity contribution in [2.45, 2.75) is 56.5 Å². The molecule has 208 valence electrons. The molecule has 3 aliphatic rings. The van der Waals surface area contributed by atoms with E-state index < -0.39 is 22.2 Å². The summed E-state index contributed by atoms with van der Waals surface area (Å²) in [5, 5.41) is 7.12. The van der Waals surface area contributed by atoms with Gasteiger partial charge in [-0.05, 0) is 55.2 Å². The van der Waals surface area contributed by atoms with Crippen molar-refractivity contribution in [3.63, 3.8) is 0 Å². The number of piperazine rings is 1. The number of carbonyl (C=O) groups excluding carboxylic acids is 1. The standard InChI is InChI=1S/C23H35N3O3S.C2HF3O2/c1-3-16-30(28,29)26-10-8-23(9-11-26)18-19(20-6-4-5-7-21(20)23)17-22(27)25-14-12-24(2)13-15-25;3-2(4,5)1(6)7/h4-7,19H,3,8-18H2,1-2H3;(H,6,7). The van der Waals surface area contributed by atoms with E-state index in [0.29, 0.717) is 25.9 Å². The number of hydrogen-bond donors (Lipinski definition) is 1. The molecule has 37 heavy (non-hydrogen) atoms. The van der Waals surface area contributed by atoms with Crippen LogP contribution in [-0.4, -0.2) is 97.8 Å². The summed E-state index contributed by atoms with van der Waals surface area (Å²) < 4.78 is 58.5. The molecule has 12 heteroatoms. The second-order valence-electron chi connectivity index (χ2n) is 10.2. The molecule has 1 amide bonds. The number of sulfonamides is 1. The number of carboxylic acids is 1. The minimum absolute atomic E-state index is 0.0158. The maximum atomic E-state index is 13.0. The van der Waals surface area contributed by atoms with Gasteiger partial charge in [-0.1, -0.05) is 31.2 Å². The van der Waals surface area contributed by atoms with Gasteiger partial charge in [0.25, 0.3) is 0 Å². The molecule has 2 fully saturated rings. The highest BCUT2D eigenvalue weighted by Gasteiger charge is 2.47. The van der Waals surface area contributed by atoms with Crippen molar-refractivity contribution in [3.05, 3.63) is 35.4 Å². The lowest BCUT2D eigenvalue weighted by Crippen LogP contribution is -2.47. The van der Waals surface area contributed by atoms with E-state index in [9.17, 15) is 26.4 Å². The highest BCUT2D eigenvalue weighted by molar-refractivity contribution is 7.89. The Morgan fingerprint density at radius 1 is 1.05 bits per heavy atom. The first-order valence-electron chi connectivity index (χ1n) is 12.6. The van der Waals surface area contributed by atoms with Gasteiger partial charge in [0, 0.05) is 45.7 Å². The average molecular weight is 548 g/mol. The number of alkyl halides is 3. The summed E-state index contributed by atoms with van der Waals surface area (Å²) in [7, 11) is -1.04. The number of amides is 1. The molecule has 1 spiro atoms. The van der Waals surface area contributed by atoms with Crippen LogP contribution < -0.4 is 0 Å². The minimum atomic E-state index is -5.08. The number of likely N-dealkylation sites (N-methyl/N-ethyl adjacent to an activating group) is 1. The molecule has 1 aromatic rings. The van der Waals surface area contributed by atoms with Crippen molar-refractivity contribution in [1.29, 1.82) is 0 Å². The van der Waals surface area contributed by atoms with Crippen LogP contribution in [0.2, 0.25) is 0 Å². The van der Waals surface area contributed by atoms with Gasteiger partial charge in [0.05, 0.1) is 5.75 Å². The zero-order valence-corrected chi connectivity index (χ0v) is 22.2. The van der Waals surface area contributed by atoms with Crippen LogP contribution in [-0.2, 0) is 25.0 Å². The fourth-order valence-corrected chi connectivity index (χ4v) is 7.17. The van der Waals surface area contributed by atoms with Crippen molar-refractivity contribution in [2.24, 2.45) is 0 Å². The Kier molecular flexibility index (Phi) is 9.28. The van der Waals surface area contributed by atoms with E-state index in [4.69, 9.17) is 9.90 Å². The van der Waals surface area contributed by atoms with Crippen molar-refractivity contribution in [1.82, 2.24) is 14.1 Å². The Morgan fingerprint density at radius 2 is 1.62 bits per heavy atom. The molecular weight excluding hydrogens is 511 g/mol. The van der Waals surface area contributed by atoms with E-state index in [-0.39, 0.29) is 23.0 Å². The second kappa shape index (κ2) is 11.7. The van der Waals surface area contributed by atoms with Crippen molar-refractivity contribution >= 4 is 21.9 Å². The summed E-state index contributed by atoms with van der Waals surface area (Å²) in [4.78, 5) is 26.2. The van der Waals surface area contributed by atoms with Gasteiger partial charge in [-0.25, -0.2) is 17.5 Å². The monoisotopic (exact) mass is 547 g/mol. The molecule has 0 saturated carbocycles. The molecule has 0 radical (unpaired) electrons. The molecule has 1 unspecified atom stereocenters. The van der Waals surface area contributed by atoms with Crippen LogP contribution in [0.25, 0.3) is 0 Å². The van der Waals surface area contributed by atoms with Crippen LogP contribution in [0.5, 0.6) is 0 Å². The Morgan fingerprint density at radius 3 is 2.16 bits per heavy atom. The van der Waals surface area contributed by atoms with Gasteiger partial charge in [0.2, 0.25) is 15.9 Å². The maximum absolute atomic E-state index is 13.0. The largest absolute Gasteiger partial charge is 0.490 e. The van der Waals surface area contributed by atoms with Crippen LogP contribution in [0.1, 0.15) is 56.1 Å². The lowest BCUT2D eigenvalue weighted by atomic mass is 9.73. The Balaban J connectivity index is 0.000000479. The SMILES string of the molecule is CCCS(=O)(=O)N1CCC2(CC1)CC(CC(=O)N1CCN(C)CC1)c1ccccc12.O=C(O)C(F)(F)F. The molecule has 2 aliphatic heterocycles. The predicted octanol–water partition coefficient (Wildman–Crippen LogP) is 3.04. The lowest BCUT2D eigenvalue weighted by Gasteiger charge is -2.40. The third-order valence-electron chi connectivity index (χ3n) is 7.66. The van der Waals surface area contributed by atoms with Crippen LogP contribution in [0.3, 0.4) is 0 Å². The number of halogens is 3. The van der Waals surface area contributed by atoms with Crippen molar-refractivity contribution in [2.75, 3.05) is 52.1 Å². The first-order chi connectivity index (χ1) is 17.3. The number of benzene rings is 1. The minimum Gasteiger partial charge on any atom is -0.475 e.